The van der Waals surface area contributed by atoms with Crippen LogP contribution in [0.5, 0.6) is 0 Å². The van der Waals surface area contributed by atoms with Gasteiger partial charge in [0.25, 0.3) is 11.8 Å². The smallest absolute Gasteiger partial charge is 0.255 e. The van der Waals surface area contributed by atoms with Gasteiger partial charge in [-0.05, 0) is 59.5 Å². The van der Waals surface area contributed by atoms with Gasteiger partial charge in [-0.3, -0.25) is 14.4 Å². The van der Waals surface area contributed by atoms with Gasteiger partial charge in [-0.15, -0.1) is 11.8 Å². The summed E-state index contributed by atoms with van der Waals surface area (Å²) in [5, 5.41) is 6.33. The molecule has 0 aliphatic carbocycles. The molecular formula is C32H28ClN3O3S. The van der Waals surface area contributed by atoms with Crippen LogP contribution in [-0.2, 0) is 17.8 Å². The number of carbonyl (C=O) groups is 3. The Morgan fingerprint density at radius 2 is 1.52 bits per heavy atom. The normalized spacial score (nSPS) is 14.7. The number of halogens is 1. The van der Waals surface area contributed by atoms with E-state index in [1.807, 2.05) is 71.6 Å². The number of benzene rings is 4. The zero-order valence-corrected chi connectivity index (χ0v) is 23.3. The summed E-state index contributed by atoms with van der Waals surface area (Å²) in [7, 11) is 0. The lowest BCUT2D eigenvalue weighted by Crippen LogP contribution is -2.27. The van der Waals surface area contributed by atoms with Gasteiger partial charge in [0.1, 0.15) is 5.37 Å². The molecule has 0 spiro atoms. The number of hydrogen-bond donors (Lipinski definition) is 2. The highest BCUT2D eigenvalue weighted by molar-refractivity contribution is 8.00. The lowest BCUT2D eigenvalue weighted by atomic mass is 10.1. The van der Waals surface area contributed by atoms with Crippen LogP contribution in [0.4, 0.5) is 5.69 Å². The number of hydrogen-bond acceptors (Lipinski definition) is 4. The number of amides is 3. The number of anilines is 1. The second-order valence-electron chi connectivity index (χ2n) is 9.42. The van der Waals surface area contributed by atoms with E-state index in [2.05, 4.69) is 10.6 Å². The Hall–Kier alpha value is -4.07. The summed E-state index contributed by atoms with van der Waals surface area (Å²) < 4.78 is 0. The third-order valence-electron chi connectivity index (χ3n) is 6.65. The molecule has 0 radical (unpaired) electrons. The quantitative estimate of drug-likeness (QED) is 0.247. The summed E-state index contributed by atoms with van der Waals surface area (Å²) in [4.78, 5) is 40.4. The molecule has 8 heteroatoms. The zero-order valence-electron chi connectivity index (χ0n) is 21.7. The van der Waals surface area contributed by atoms with Gasteiger partial charge in [-0.25, -0.2) is 0 Å². The van der Waals surface area contributed by atoms with Gasteiger partial charge < -0.3 is 15.5 Å². The molecule has 4 aromatic carbocycles. The first-order chi connectivity index (χ1) is 19.5. The third kappa shape index (κ3) is 6.73. The summed E-state index contributed by atoms with van der Waals surface area (Å²) in [5.74, 6) is -0.0782. The van der Waals surface area contributed by atoms with Crippen LogP contribution >= 0.6 is 23.4 Å². The van der Waals surface area contributed by atoms with Gasteiger partial charge in [0.15, 0.2) is 0 Å². The van der Waals surface area contributed by atoms with Crippen LogP contribution in [0.1, 0.15) is 42.8 Å². The van der Waals surface area contributed by atoms with Gasteiger partial charge in [-0.1, -0.05) is 78.3 Å². The molecule has 2 N–H and O–H groups in total. The summed E-state index contributed by atoms with van der Waals surface area (Å²) in [6.45, 7) is 0.976. The summed E-state index contributed by atoms with van der Waals surface area (Å²) in [5.41, 5.74) is 4.39. The van der Waals surface area contributed by atoms with Crippen LogP contribution in [0.3, 0.4) is 0 Å². The van der Waals surface area contributed by atoms with Crippen molar-refractivity contribution in [3.63, 3.8) is 0 Å². The van der Waals surface area contributed by atoms with E-state index < -0.39 is 0 Å². The Morgan fingerprint density at radius 3 is 2.27 bits per heavy atom. The van der Waals surface area contributed by atoms with Gasteiger partial charge >= 0.3 is 0 Å². The van der Waals surface area contributed by atoms with Crippen molar-refractivity contribution in [1.29, 1.82) is 0 Å². The highest BCUT2D eigenvalue weighted by Gasteiger charge is 2.32. The van der Waals surface area contributed by atoms with Crippen LogP contribution in [-0.4, -0.2) is 34.9 Å². The first-order valence-electron chi connectivity index (χ1n) is 13.0. The number of nitrogens with zero attached hydrogens (tertiary/aromatic N) is 1. The fraction of sp³-hybridized carbons (Fsp3) is 0.156. The molecule has 1 fully saturated rings. The number of rotatable bonds is 9. The highest BCUT2D eigenvalue weighted by atomic mass is 35.5. The van der Waals surface area contributed by atoms with Crippen LogP contribution in [0.2, 0.25) is 5.02 Å². The minimum absolute atomic E-state index is 0.0745. The number of para-hydroxylation sites is 1. The van der Waals surface area contributed by atoms with E-state index >= 15 is 0 Å². The molecule has 1 aliphatic rings. The molecule has 202 valence electrons. The lowest BCUT2D eigenvalue weighted by Gasteiger charge is -2.24. The maximum absolute atomic E-state index is 13.1. The standard InChI is InChI=1S/C32H28ClN3O3S/c33-26-16-10-23(11-17-26)20-36-29(37)21-40-32(36)25-14-12-24(13-15-25)30(38)35-28-9-5-4-8-27(28)31(39)34-19-18-22-6-2-1-3-7-22/h1-17,32H,18-21H2,(H,34,39)(H,35,38)/t32-/m1/s1. The van der Waals surface area contributed by atoms with Crippen LogP contribution < -0.4 is 10.6 Å². The molecule has 5 rings (SSSR count). The summed E-state index contributed by atoms with van der Waals surface area (Å²) >= 11 is 7.57. The van der Waals surface area contributed by atoms with E-state index in [0.717, 1.165) is 23.1 Å². The van der Waals surface area contributed by atoms with E-state index in [1.165, 1.54) is 0 Å². The molecule has 0 unspecified atom stereocenters. The fourth-order valence-corrected chi connectivity index (χ4v) is 5.85. The average molecular weight is 570 g/mol. The van der Waals surface area contributed by atoms with Gasteiger partial charge in [0, 0.05) is 23.7 Å². The van der Waals surface area contributed by atoms with Crippen molar-refractivity contribution in [1.82, 2.24) is 10.2 Å². The fourth-order valence-electron chi connectivity index (χ4n) is 4.53. The maximum Gasteiger partial charge on any atom is 0.255 e. The van der Waals surface area contributed by atoms with Gasteiger partial charge in [0.05, 0.1) is 17.0 Å². The van der Waals surface area contributed by atoms with Crippen LogP contribution in [0, 0.1) is 0 Å². The lowest BCUT2D eigenvalue weighted by molar-refractivity contribution is -0.128. The molecule has 6 nitrogen and oxygen atoms in total. The van der Waals surface area contributed by atoms with Crippen LogP contribution in [0.15, 0.2) is 103 Å². The number of thioether (sulfide) groups is 1. The highest BCUT2D eigenvalue weighted by Crippen LogP contribution is 2.39. The molecule has 0 saturated carbocycles. The minimum Gasteiger partial charge on any atom is -0.352 e. The molecule has 3 amide bonds. The summed E-state index contributed by atoms with van der Waals surface area (Å²) in [6.07, 6.45) is 0.718. The Morgan fingerprint density at radius 1 is 0.825 bits per heavy atom. The second-order valence-corrected chi connectivity index (χ2v) is 10.9. The molecule has 40 heavy (non-hydrogen) atoms. The SMILES string of the molecule is O=C(Nc1ccccc1C(=O)NCCc1ccccc1)c1ccc([C@H]2SCC(=O)N2Cc2ccc(Cl)cc2)cc1. The molecule has 0 bridgehead atoms. The molecule has 1 saturated heterocycles. The Balaban J connectivity index is 1.22. The maximum atomic E-state index is 13.1. The van der Waals surface area contributed by atoms with E-state index in [4.69, 9.17) is 11.6 Å². The molecular weight excluding hydrogens is 542 g/mol. The minimum atomic E-state index is -0.316. The predicted molar refractivity (Wildman–Crippen MR) is 161 cm³/mol. The number of carbonyl (C=O) groups excluding carboxylic acids is 3. The van der Waals surface area contributed by atoms with E-state index in [1.54, 1.807) is 48.2 Å². The first kappa shape index (κ1) is 27.5. The van der Waals surface area contributed by atoms with Crippen molar-refractivity contribution in [3.8, 4) is 0 Å². The zero-order chi connectivity index (χ0) is 27.9. The Labute approximate surface area is 242 Å². The van der Waals surface area contributed by atoms with Crippen molar-refractivity contribution in [2.45, 2.75) is 18.3 Å². The predicted octanol–water partition coefficient (Wildman–Crippen LogP) is 6.34. The third-order valence-corrected chi connectivity index (χ3v) is 8.16. The topological polar surface area (TPSA) is 78.5 Å². The van der Waals surface area contributed by atoms with Crippen molar-refractivity contribution < 1.29 is 14.4 Å². The number of nitrogens with one attached hydrogen (secondary N) is 2. The Kier molecular flexibility index (Phi) is 8.84. The van der Waals surface area contributed by atoms with E-state index in [0.29, 0.717) is 40.7 Å². The molecule has 1 atom stereocenters. The van der Waals surface area contributed by atoms with Crippen LogP contribution in [0.25, 0.3) is 0 Å². The second kappa shape index (κ2) is 12.9. The molecule has 1 heterocycles. The van der Waals surface area contributed by atoms with Crippen molar-refractivity contribution in [2.24, 2.45) is 0 Å². The molecule has 4 aromatic rings. The molecule has 1 aliphatic heterocycles. The van der Waals surface area contributed by atoms with E-state index in [9.17, 15) is 14.4 Å². The Bertz CT molecular complexity index is 1490. The van der Waals surface area contributed by atoms with Crippen molar-refractivity contribution >= 4 is 46.8 Å². The van der Waals surface area contributed by atoms with Crippen molar-refractivity contribution in [3.05, 3.63) is 136 Å². The molecule has 0 aromatic heterocycles. The largest absolute Gasteiger partial charge is 0.352 e. The van der Waals surface area contributed by atoms with Crippen molar-refractivity contribution in [2.75, 3.05) is 17.6 Å². The average Bonchev–Trinajstić information content (AvgIpc) is 3.34. The first-order valence-corrected chi connectivity index (χ1v) is 14.4. The van der Waals surface area contributed by atoms with Gasteiger partial charge in [0.2, 0.25) is 5.91 Å². The van der Waals surface area contributed by atoms with E-state index in [-0.39, 0.29) is 23.1 Å². The van der Waals surface area contributed by atoms with Gasteiger partial charge in [-0.2, -0.15) is 0 Å². The summed E-state index contributed by atoms with van der Waals surface area (Å²) in [6, 6.07) is 31.6. The monoisotopic (exact) mass is 569 g/mol.